The van der Waals surface area contributed by atoms with Crippen molar-refractivity contribution in [3.8, 4) is 0 Å². The molecule has 132 valence electrons. The number of benzene rings is 2. The normalized spacial score (nSPS) is 15.0. The molecule has 0 aliphatic carbocycles. The van der Waals surface area contributed by atoms with Gasteiger partial charge in [-0.3, -0.25) is 14.8 Å². The van der Waals surface area contributed by atoms with E-state index >= 15 is 0 Å². The minimum Gasteiger partial charge on any atom is -0.464 e. The third kappa shape index (κ3) is 2.22. The summed E-state index contributed by atoms with van der Waals surface area (Å²) in [5.41, 5.74) is 2.69. The molecule has 0 saturated carbocycles. The summed E-state index contributed by atoms with van der Waals surface area (Å²) in [6.07, 6.45) is 3.11. The van der Waals surface area contributed by atoms with Crippen LogP contribution in [0.5, 0.6) is 0 Å². The molecule has 7 heteroatoms. The predicted molar refractivity (Wildman–Crippen MR) is 103 cm³/mol. The summed E-state index contributed by atoms with van der Waals surface area (Å²) >= 11 is 3.38. The summed E-state index contributed by atoms with van der Waals surface area (Å²) in [4.78, 5) is 28.5. The van der Waals surface area contributed by atoms with Crippen molar-refractivity contribution in [2.24, 2.45) is 0 Å². The first-order valence-electron chi connectivity index (χ1n) is 8.12. The second kappa shape index (κ2) is 5.67. The van der Waals surface area contributed by atoms with E-state index in [0.717, 1.165) is 15.4 Å². The first kappa shape index (κ1) is 16.0. The molecule has 0 spiro atoms. The number of imide groups is 1. The molecule has 0 atom stereocenters. The van der Waals surface area contributed by atoms with E-state index in [-0.39, 0.29) is 16.2 Å². The smallest absolute Gasteiger partial charge is 0.286 e. The Hall–Kier alpha value is -3.16. The van der Waals surface area contributed by atoms with E-state index in [1.165, 1.54) is 6.26 Å². The van der Waals surface area contributed by atoms with Crippen molar-refractivity contribution < 1.29 is 19.2 Å². The van der Waals surface area contributed by atoms with E-state index in [9.17, 15) is 14.8 Å². The number of furan rings is 1. The molecule has 0 bridgehead atoms. The third-order valence-electron chi connectivity index (χ3n) is 4.73. The first-order valence-corrected chi connectivity index (χ1v) is 8.91. The molecule has 5 rings (SSSR count). The van der Waals surface area contributed by atoms with Crippen molar-refractivity contribution in [2.75, 3.05) is 0 Å². The number of aromatic amines is 1. The third-order valence-corrected chi connectivity index (χ3v) is 5.22. The second-order valence-electron chi connectivity index (χ2n) is 6.21. The molecule has 2 aromatic carbocycles. The molecule has 2 N–H and O–H groups in total. The lowest BCUT2D eigenvalue weighted by atomic mass is 9.95. The minimum atomic E-state index is -0.772. The van der Waals surface area contributed by atoms with Gasteiger partial charge in [0.2, 0.25) is 0 Å². The second-order valence-corrected chi connectivity index (χ2v) is 7.13. The number of para-hydroxylation sites is 1. The summed E-state index contributed by atoms with van der Waals surface area (Å²) in [5.74, 6) is -1.53. The Kier molecular flexibility index (Phi) is 3.37. The summed E-state index contributed by atoms with van der Waals surface area (Å²) in [5, 5.41) is 11.7. The summed E-state index contributed by atoms with van der Waals surface area (Å²) in [6, 6.07) is 12.9. The number of halogens is 1. The maximum Gasteiger partial charge on any atom is 0.286 e. The van der Waals surface area contributed by atoms with Crippen LogP contribution in [0.1, 0.15) is 11.1 Å². The number of carbonyl (C=O) groups is 2. The van der Waals surface area contributed by atoms with E-state index in [2.05, 4.69) is 20.9 Å². The maximum atomic E-state index is 12.7. The Morgan fingerprint density at radius 1 is 0.963 bits per heavy atom. The quantitative estimate of drug-likeness (QED) is 0.371. The topological polar surface area (TPSA) is 86.5 Å². The number of hydrogen-bond donors (Lipinski definition) is 2. The predicted octanol–water partition coefficient (Wildman–Crippen LogP) is 4.35. The average Bonchev–Trinajstić information content (AvgIpc) is 3.33. The van der Waals surface area contributed by atoms with Gasteiger partial charge in [-0.05, 0) is 24.3 Å². The molecule has 1 aliphatic heterocycles. The number of nitrogens with zero attached hydrogens (tertiary/aromatic N) is 1. The lowest BCUT2D eigenvalue weighted by Gasteiger charge is -2.03. The van der Waals surface area contributed by atoms with Gasteiger partial charge in [0.05, 0.1) is 17.4 Å². The molecule has 0 unspecified atom stereocenters. The van der Waals surface area contributed by atoms with Crippen LogP contribution in [0.15, 0.2) is 63.8 Å². The van der Waals surface area contributed by atoms with Gasteiger partial charge in [-0.25, -0.2) is 0 Å². The average molecular weight is 423 g/mol. The number of amides is 2. The highest BCUT2D eigenvalue weighted by molar-refractivity contribution is 9.10. The molecule has 4 aromatic rings. The zero-order valence-electron chi connectivity index (χ0n) is 13.7. The summed E-state index contributed by atoms with van der Waals surface area (Å²) < 4.78 is 6.41. The van der Waals surface area contributed by atoms with Gasteiger partial charge < -0.3 is 9.40 Å². The molecular weight excluding hydrogens is 412 g/mol. The van der Waals surface area contributed by atoms with Crippen LogP contribution >= 0.6 is 15.9 Å². The van der Waals surface area contributed by atoms with Gasteiger partial charge in [-0.1, -0.05) is 34.1 Å². The number of fused-ring (bicyclic) bond motifs is 2. The van der Waals surface area contributed by atoms with E-state index in [0.29, 0.717) is 22.1 Å². The molecule has 6 nitrogen and oxygen atoms in total. The Morgan fingerprint density at radius 3 is 2.52 bits per heavy atom. The lowest BCUT2D eigenvalue weighted by molar-refractivity contribution is -0.168. The maximum absolute atomic E-state index is 12.7. The van der Waals surface area contributed by atoms with Gasteiger partial charge in [0, 0.05) is 38.1 Å². The van der Waals surface area contributed by atoms with Gasteiger partial charge in [0.1, 0.15) is 5.58 Å². The van der Waals surface area contributed by atoms with Crippen molar-refractivity contribution in [2.45, 2.75) is 0 Å². The highest BCUT2D eigenvalue weighted by Crippen LogP contribution is 2.40. The molecule has 0 saturated heterocycles. The van der Waals surface area contributed by atoms with Crippen LogP contribution in [0.4, 0.5) is 0 Å². The Bertz CT molecular complexity index is 1300. The fourth-order valence-electron chi connectivity index (χ4n) is 3.49. The zero-order valence-corrected chi connectivity index (χ0v) is 15.3. The molecule has 27 heavy (non-hydrogen) atoms. The monoisotopic (exact) mass is 422 g/mol. The van der Waals surface area contributed by atoms with Gasteiger partial charge in [0.25, 0.3) is 11.8 Å². The number of hydroxylamine groups is 2. The van der Waals surface area contributed by atoms with Crippen molar-refractivity contribution in [3.63, 3.8) is 0 Å². The molecule has 2 amide bonds. The molecular formula is C20H11BrN2O4. The molecule has 3 heterocycles. The van der Waals surface area contributed by atoms with Crippen molar-refractivity contribution in [1.29, 1.82) is 0 Å². The number of rotatable bonds is 2. The number of hydrogen-bond acceptors (Lipinski definition) is 4. The van der Waals surface area contributed by atoms with E-state index in [1.54, 1.807) is 18.3 Å². The highest BCUT2D eigenvalue weighted by Gasteiger charge is 2.41. The molecule has 0 radical (unpaired) electrons. The number of aromatic nitrogens is 1. The van der Waals surface area contributed by atoms with Crippen LogP contribution in [0.25, 0.3) is 33.0 Å². The Morgan fingerprint density at radius 2 is 1.70 bits per heavy atom. The molecule has 1 aliphatic rings. The van der Waals surface area contributed by atoms with Crippen LogP contribution in [-0.2, 0) is 9.59 Å². The van der Waals surface area contributed by atoms with Crippen molar-refractivity contribution in [3.05, 3.63) is 70.5 Å². The minimum absolute atomic E-state index is 0.119. The van der Waals surface area contributed by atoms with Gasteiger partial charge in [0.15, 0.2) is 0 Å². The number of H-pyrrole nitrogens is 1. The largest absolute Gasteiger partial charge is 0.464 e. The standard InChI is InChI=1S/C20H11BrN2O4/c21-10-5-6-12-14(9-27-16(12)7-10)18-17(19(24)23(26)20(18)25)13-8-22-15-4-2-1-3-11(13)15/h1-9,22,26H. The van der Waals surface area contributed by atoms with Crippen LogP contribution < -0.4 is 0 Å². The van der Waals surface area contributed by atoms with Crippen LogP contribution in [0.3, 0.4) is 0 Å². The molecule has 0 fully saturated rings. The SMILES string of the molecule is O=C1C(c2c[nH]c3ccccc23)=C(c2coc3cc(Br)ccc23)C(=O)N1O. The fourth-order valence-corrected chi connectivity index (χ4v) is 3.83. The van der Waals surface area contributed by atoms with Crippen LogP contribution in [0, 0.1) is 0 Å². The Labute approximate surface area is 160 Å². The lowest BCUT2D eigenvalue weighted by Crippen LogP contribution is -2.27. The fraction of sp³-hybridized carbons (Fsp3) is 0. The van der Waals surface area contributed by atoms with E-state index in [1.807, 2.05) is 30.3 Å². The van der Waals surface area contributed by atoms with Crippen LogP contribution in [0.2, 0.25) is 0 Å². The summed E-state index contributed by atoms with van der Waals surface area (Å²) in [7, 11) is 0. The van der Waals surface area contributed by atoms with Gasteiger partial charge in [-0.15, -0.1) is 5.06 Å². The van der Waals surface area contributed by atoms with Gasteiger partial charge in [-0.2, -0.15) is 0 Å². The van der Waals surface area contributed by atoms with E-state index < -0.39 is 11.8 Å². The first-order chi connectivity index (χ1) is 13.1. The summed E-state index contributed by atoms with van der Waals surface area (Å²) in [6.45, 7) is 0. The van der Waals surface area contributed by atoms with E-state index in [4.69, 9.17) is 4.42 Å². The molecule has 2 aromatic heterocycles. The highest BCUT2D eigenvalue weighted by atomic mass is 79.9. The van der Waals surface area contributed by atoms with Crippen LogP contribution in [-0.4, -0.2) is 27.1 Å². The zero-order chi connectivity index (χ0) is 18.7. The van der Waals surface area contributed by atoms with Gasteiger partial charge >= 0.3 is 0 Å². The van der Waals surface area contributed by atoms with Crippen molar-refractivity contribution in [1.82, 2.24) is 10.0 Å². The number of nitrogens with one attached hydrogen (secondary N) is 1. The van der Waals surface area contributed by atoms with Crippen molar-refractivity contribution >= 4 is 60.8 Å². The Balaban J connectivity index is 1.85. The number of carbonyl (C=O) groups excluding carboxylic acids is 2.